The lowest BCUT2D eigenvalue weighted by molar-refractivity contribution is -0.116. The summed E-state index contributed by atoms with van der Waals surface area (Å²) in [5, 5.41) is 12.0. The molecule has 3 heterocycles. The van der Waals surface area contributed by atoms with Gasteiger partial charge in [-0.3, -0.25) is 9.48 Å². The molecule has 38 heavy (non-hydrogen) atoms. The van der Waals surface area contributed by atoms with Crippen molar-refractivity contribution in [2.75, 3.05) is 5.32 Å². The van der Waals surface area contributed by atoms with E-state index in [1.54, 1.807) is 54.9 Å². The lowest BCUT2D eigenvalue weighted by atomic mass is 10.1. The zero-order valence-corrected chi connectivity index (χ0v) is 21.0. The molecule has 0 aliphatic rings. The van der Waals surface area contributed by atoms with Gasteiger partial charge in [-0.15, -0.1) is 0 Å². The molecule has 5 rings (SSSR count). The molecule has 0 bridgehead atoms. The van der Waals surface area contributed by atoms with Gasteiger partial charge in [0.1, 0.15) is 12.4 Å². The lowest BCUT2D eigenvalue weighted by Gasteiger charge is -2.10. The van der Waals surface area contributed by atoms with E-state index in [1.165, 1.54) is 22.9 Å². The van der Waals surface area contributed by atoms with E-state index in [-0.39, 0.29) is 29.0 Å². The van der Waals surface area contributed by atoms with Crippen LogP contribution in [0.1, 0.15) is 34.6 Å². The van der Waals surface area contributed by atoms with E-state index in [9.17, 15) is 18.0 Å². The summed E-state index contributed by atoms with van der Waals surface area (Å²) in [4.78, 5) is 17.7. The number of amides is 1. The number of alkyl halides is 2. The van der Waals surface area contributed by atoms with Crippen LogP contribution in [0.15, 0.2) is 60.7 Å². The average molecular weight is 519 g/mol. The number of benzene rings is 2. The molecule has 2 aromatic carbocycles. The Morgan fingerprint density at radius 1 is 0.947 bits per heavy atom. The molecule has 0 unspecified atom stereocenters. The van der Waals surface area contributed by atoms with Gasteiger partial charge >= 0.3 is 0 Å². The molecule has 0 aliphatic heterocycles. The summed E-state index contributed by atoms with van der Waals surface area (Å²) in [5.74, 6) is -0.713. The summed E-state index contributed by atoms with van der Waals surface area (Å²) in [5.41, 5.74) is 4.24. The maximum absolute atomic E-state index is 14.0. The van der Waals surface area contributed by atoms with Crippen molar-refractivity contribution >= 4 is 22.6 Å². The highest BCUT2D eigenvalue weighted by Gasteiger charge is 2.23. The number of hydrogen-bond donors (Lipinski definition) is 1. The summed E-state index contributed by atoms with van der Waals surface area (Å²) in [6.45, 7) is 5.42. The summed E-state index contributed by atoms with van der Waals surface area (Å²) < 4.78 is 44.4. The topological polar surface area (TPSA) is 77.6 Å². The van der Waals surface area contributed by atoms with Gasteiger partial charge < -0.3 is 5.32 Å². The number of rotatable bonds is 7. The van der Waals surface area contributed by atoms with Gasteiger partial charge in [-0.25, -0.2) is 22.8 Å². The molecule has 10 heteroatoms. The number of aryl methyl sites for hydroxylation is 2. The van der Waals surface area contributed by atoms with Crippen LogP contribution in [0.5, 0.6) is 0 Å². The fraction of sp³-hybridized carbons (Fsp3) is 0.214. The minimum absolute atomic E-state index is 0.174. The highest BCUT2D eigenvalue weighted by Crippen LogP contribution is 2.33. The fourth-order valence-electron chi connectivity index (χ4n) is 4.54. The second kappa shape index (κ2) is 10.1. The highest BCUT2D eigenvalue weighted by molar-refractivity contribution is 5.93. The SMILES string of the molecule is Cc1nn(Cc2ccc(F)cc2)c(C)c1NC(=O)Cn1nc(C)c2c(C(F)F)cc(-c3ccccc3)nc21. The van der Waals surface area contributed by atoms with Gasteiger partial charge in [-0.2, -0.15) is 10.2 Å². The van der Waals surface area contributed by atoms with Crippen LogP contribution in [-0.4, -0.2) is 30.5 Å². The van der Waals surface area contributed by atoms with E-state index in [1.807, 2.05) is 13.0 Å². The molecule has 0 saturated carbocycles. The van der Waals surface area contributed by atoms with Crippen molar-refractivity contribution in [1.29, 1.82) is 0 Å². The average Bonchev–Trinajstić information content (AvgIpc) is 3.35. The molecule has 0 radical (unpaired) electrons. The van der Waals surface area contributed by atoms with Crippen molar-refractivity contribution in [1.82, 2.24) is 24.5 Å². The first kappa shape index (κ1) is 25.2. The first-order chi connectivity index (χ1) is 18.2. The summed E-state index contributed by atoms with van der Waals surface area (Å²) in [6.07, 6.45) is -2.73. The molecule has 0 atom stereocenters. The number of nitrogens with zero attached hydrogens (tertiary/aromatic N) is 5. The molecule has 194 valence electrons. The van der Waals surface area contributed by atoms with Crippen molar-refractivity contribution < 1.29 is 18.0 Å². The second-order valence-corrected chi connectivity index (χ2v) is 9.08. The number of aromatic nitrogens is 5. The zero-order chi connectivity index (χ0) is 27.0. The van der Waals surface area contributed by atoms with Gasteiger partial charge in [-0.1, -0.05) is 42.5 Å². The van der Waals surface area contributed by atoms with E-state index < -0.39 is 12.3 Å². The van der Waals surface area contributed by atoms with E-state index in [0.717, 1.165) is 11.3 Å². The zero-order valence-electron chi connectivity index (χ0n) is 21.0. The summed E-state index contributed by atoms with van der Waals surface area (Å²) >= 11 is 0. The third-order valence-corrected chi connectivity index (χ3v) is 6.40. The molecular formula is C28H25F3N6O. The summed E-state index contributed by atoms with van der Waals surface area (Å²) in [7, 11) is 0. The molecule has 1 amide bonds. The normalized spacial score (nSPS) is 11.4. The Bertz CT molecular complexity index is 1620. The van der Waals surface area contributed by atoms with Crippen LogP contribution in [0, 0.1) is 26.6 Å². The maximum Gasteiger partial charge on any atom is 0.264 e. The Morgan fingerprint density at radius 3 is 2.32 bits per heavy atom. The van der Waals surface area contributed by atoms with Gasteiger partial charge in [0.15, 0.2) is 5.65 Å². The van der Waals surface area contributed by atoms with Crippen molar-refractivity contribution in [2.24, 2.45) is 0 Å². The Morgan fingerprint density at radius 2 is 1.63 bits per heavy atom. The third kappa shape index (κ3) is 4.89. The van der Waals surface area contributed by atoms with Crippen LogP contribution in [0.3, 0.4) is 0 Å². The van der Waals surface area contributed by atoms with E-state index in [4.69, 9.17) is 0 Å². The molecule has 0 spiro atoms. The molecule has 1 N–H and O–H groups in total. The number of pyridine rings is 1. The third-order valence-electron chi connectivity index (χ3n) is 6.40. The monoisotopic (exact) mass is 518 g/mol. The first-order valence-electron chi connectivity index (χ1n) is 12.0. The predicted molar refractivity (Wildman–Crippen MR) is 138 cm³/mol. The predicted octanol–water partition coefficient (Wildman–Crippen LogP) is 5.98. The number of fused-ring (bicyclic) bond motifs is 1. The Balaban J connectivity index is 1.43. The van der Waals surface area contributed by atoms with Crippen LogP contribution in [0.2, 0.25) is 0 Å². The van der Waals surface area contributed by atoms with Gasteiger partial charge in [0, 0.05) is 11.1 Å². The van der Waals surface area contributed by atoms with Crippen LogP contribution >= 0.6 is 0 Å². The largest absolute Gasteiger partial charge is 0.321 e. The fourth-order valence-corrected chi connectivity index (χ4v) is 4.54. The smallest absolute Gasteiger partial charge is 0.264 e. The van der Waals surface area contributed by atoms with Crippen LogP contribution in [0.25, 0.3) is 22.3 Å². The maximum atomic E-state index is 14.0. The van der Waals surface area contributed by atoms with Gasteiger partial charge in [0.05, 0.1) is 40.4 Å². The Labute approximate surface area is 216 Å². The molecule has 0 saturated heterocycles. The second-order valence-electron chi connectivity index (χ2n) is 9.08. The molecule has 0 fully saturated rings. The number of anilines is 1. The quantitative estimate of drug-likeness (QED) is 0.287. The van der Waals surface area contributed by atoms with E-state index in [2.05, 4.69) is 20.5 Å². The summed E-state index contributed by atoms with van der Waals surface area (Å²) in [6, 6.07) is 16.5. The Hall–Kier alpha value is -4.47. The van der Waals surface area contributed by atoms with Crippen molar-refractivity contribution in [3.8, 4) is 11.3 Å². The number of carbonyl (C=O) groups excluding carboxylic acids is 1. The minimum Gasteiger partial charge on any atom is -0.321 e. The highest BCUT2D eigenvalue weighted by atomic mass is 19.3. The number of carbonyl (C=O) groups is 1. The van der Waals surface area contributed by atoms with Crippen molar-refractivity contribution in [3.05, 3.63) is 94.7 Å². The van der Waals surface area contributed by atoms with E-state index in [0.29, 0.717) is 34.9 Å². The van der Waals surface area contributed by atoms with Gasteiger partial charge in [0.25, 0.3) is 6.43 Å². The number of nitrogens with one attached hydrogen (secondary N) is 1. The molecule has 7 nitrogen and oxygen atoms in total. The van der Waals surface area contributed by atoms with Gasteiger partial charge in [-0.05, 0) is 44.5 Å². The van der Waals surface area contributed by atoms with Crippen LogP contribution in [0.4, 0.5) is 18.9 Å². The van der Waals surface area contributed by atoms with Crippen molar-refractivity contribution in [2.45, 2.75) is 40.3 Å². The first-order valence-corrected chi connectivity index (χ1v) is 12.0. The standard InChI is InChI=1S/C28H25F3N6O/c1-16-25-22(27(30)31)13-23(20-7-5-4-6-8-20)32-28(25)37(34-16)15-24(38)33-26-17(2)35-36(18(26)3)14-19-9-11-21(29)12-10-19/h4-13,27H,14-15H2,1-3H3,(H,33,38). The van der Waals surface area contributed by atoms with E-state index >= 15 is 0 Å². The van der Waals surface area contributed by atoms with Gasteiger partial charge in [0.2, 0.25) is 5.91 Å². The van der Waals surface area contributed by atoms with Crippen molar-refractivity contribution in [3.63, 3.8) is 0 Å². The molecule has 3 aromatic heterocycles. The van der Waals surface area contributed by atoms with Crippen LogP contribution in [-0.2, 0) is 17.9 Å². The van der Waals surface area contributed by atoms with Crippen LogP contribution < -0.4 is 5.32 Å². The minimum atomic E-state index is -2.73. The number of halogens is 3. The lowest BCUT2D eigenvalue weighted by Crippen LogP contribution is -2.20. The Kier molecular flexibility index (Phi) is 6.71. The number of hydrogen-bond acceptors (Lipinski definition) is 4. The molecular weight excluding hydrogens is 493 g/mol. The molecule has 5 aromatic rings. The molecule has 0 aliphatic carbocycles.